The summed E-state index contributed by atoms with van der Waals surface area (Å²) in [5.41, 5.74) is 7.72. The SMILES string of the molecule is C[C@@H]1NC(=O)C(Cc2ccc(O)cc2)NC(=O)C(NC(=O)[C@H](N)Cc2ccccc2)CCCCNC1=O. The van der Waals surface area contributed by atoms with E-state index in [0.717, 1.165) is 5.56 Å². The number of hydrogen-bond donors (Lipinski definition) is 6. The fourth-order valence-corrected chi connectivity index (χ4v) is 4.08. The van der Waals surface area contributed by atoms with Gasteiger partial charge in [0, 0.05) is 13.0 Å². The smallest absolute Gasteiger partial charge is 0.243 e. The predicted molar refractivity (Wildman–Crippen MR) is 138 cm³/mol. The van der Waals surface area contributed by atoms with Gasteiger partial charge in [0.25, 0.3) is 0 Å². The second-order valence-electron chi connectivity index (χ2n) is 9.31. The molecule has 1 saturated heterocycles. The molecule has 1 fully saturated rings. The molecule has 7 N–H and O–H groups in total. The van der Waals surface area contributed by atoms with Crippen LogP contribution in [-0.4, -0.2) is 59.4 Å². The van der Waals surface area contributed by atoms with Gasteiger partial charge in [0.15, 0.2) is 0 Å². The number of nitrogens with one attached hydrogen (secondary N) is 4. The van der Waals surface area contributed by atoms with Crippen molar-refractivity contribution in [1.82, 2.24) is 21.3 Å². The molecule has 1 aliphatic heterocycles. The number of hydrogen-bond acceptors (Lipinski definition) is 6. The van der Waals surface area contributed by atoms with Gasteiger partial charge in [-0.25, -0.2) is 0 Å². The van der Waals surface area contributed by atoms with E-state index in [1.807, 2.05) is 30.3 Å². The maximum Gasteiger partial charge on any atom is 0.243 e. The van der Waals surface area contributed by atoms with E-state index in [0.29, 0.717) is 37.8 Å². The Morgan fingerprint density at radius 2 is 1.68 bits per heavy atom. The molecule has 0 aromatic heterocycles. The first-order valence-corrected chi connectivity index (χ1v) is 12.5. The molecule has 10 heteroatoms. The Morgan fingerprint density at radius 1 is 0.973 bits per heavy atom. The molecule has 4 atom stereocenters. The maximum atomic E-state index is 13.3. The summed E-state index contributed by atoms with van der Waals surface area (Å²) in [5, 5.41) is 20.5. The fraction of sp³-hybridized carbons (Fsp3) is 0.407. The van der Waals surface area contributed by atoms with E-state index in [2.05, 4.69) is 21.3 Å². The van der Waals surface area contributed by atoms with Crippen molar-refractivity contribution in [1.29, 1.82) is 0 Å². The molecule has 2 unspecified atom stereocenters. The highest BCUT2D eigenvalue weighted by atomic mass is 16.3. The van der Waals surface area contributed by atoms with Gasteiger partial charge in [0.1, 0.15) is 23.9 Å². The lowest BCUT2D eigenvalue weighted by molar-refractivity contribution is -0.133. The van der Waals surface area contributed by atoms with Gasteiger partial charge >= 0.3 is 0 Å². The number of carbonyl (C=O) groups excluding carboxylic acids is 4. The molecular weight excluding hydrogens is 474 g/mol. The second-order valence-corrected chi connectivity index (χ2v) is 9.31. The van der Waals surface area contributed by atoms with Gasteiger partial charge in [-0.15, -0.1) is 0 Å². The highest BCUT2D eigenvalue weighted by molar-refractivity contribution is 5.94. The van der Waals surface area contributed by atoms with Gasteiger partial charge in [-0.3, -0.25) is 19.2 Å². The topological polar surface area (TPSA) is 163 Å². The average molecular weight is 510 g/mol. The molecule has 4 amide bonds. The first-order chi connectivity index (χ1) is 17.7. The van der Waals surface area contributed by atoms with Gasteiger partial charge < -0.3 is 32.1 Å². The van der Waals surface area contributed by atoms with E-state index >= 15 is 0 Å². The average Bonchev–Trinajstić information content (AvgIpc) is 2.88. The van der Waals surface area contributed by atoms with E-state index in [1.165, 1.54) is 12.1 Å². The summed E-state index contributed by atoms with van der Waals surface area (Å²) in [4.78, 5) is 51.6. The second kappa shape index (κ2) is 13.4. The summed E-state index contributed by atoms with van der Waals surface area (Å²) in [6, 6.07) is 12.1. The quantitative estimate of drug-likeness (QED) is 0.328. The van der Waals surface area contributed by atoms with E-state index < -0.39 is 41.9 Å². The summed E-state index contributed by atoms with van der Waals surface area (Å²) in [6.45, 7) is 1.95. The molecule has 2 aromatic rings. The van der Waals surface area contributed by atoms with Gasteiger partial charge in [-0.2, -0.15) is 0 Å². The lowest BCUT2D eigenvalue weighted by Crippen LogP contribution is -2.57. The lowest BCUT2D eigenvalue weighted by atomic mass is 10.0. The standard InChI is InChI=1S/C27H35N5O5/c1-17-24(34)29-14-6-5-9-22(31-25(35)21(28)15-18-7-3-2-4-8-18)26(36)32-23(27(37)30-17)16-19-10-12-20(33)13-11-19/h2-4,7-8,10-13,17,21-23,33H,5-6,9,14-16,28H2,1H3,(H,29,34)(H,30,37)(H,31,35)(H,32,36)/t17-,21+,22?,23?/m0/s1. The molecule has 1 aliphatic rings. The monoisotopic (exact) mass is 509 g/mol. The number of phenolic OH excluding ortho intramolecular Hbond substituents is 1. The Kier molecular flexibility index (Phi) is 10.0. The minimum absolute atomic E-state index is 0.0760. The number of amides is 4. The Balaban J connectivity index is 1.76. The number of nitrogens with two attached hydrogens (primary N) is 1. The number of carbonyl (C=O) groups is 4. The first-order valence-electron chi connectivity index (χ1n) is 12.5. The number of aromatic hydroxyl groups is 1. The van der Waals surface area contributed by atoms with Crippen molar-refractivity contribution in [3.63, 3.8) is 0 Å². The molecule has 0 radical (unpaired) electrons. The van der Waals surface area contributed by atoms with Crippen molar-refractivity contribution in [2.75, 3.05) is 6.54 Å². The van der Waals surface area contributed by atoms with Crippen molar-refractivity contribution in [3.05, 3.63) is 65.7 Å². The third kappa shape index (κ3) is 8.60. The van der Waals surface area contributed by atoms with Gasteiger partial charge in [-0.05, 0) is 55.9 Å². The normalized spacial score (nSPS) is 22.2. The predicted octanol–water partition coefficient (Wildman–Crippen LogP) is 0.279. The maximum absolute atomic E-state index is 13.3. The summed E-state index contributed by atoms with van der Waals surface area (Å²) in [6.07, 6.45) is 1.91. The molecule has 10 nitrogen and oxygen atoms in total. The zero-order chi connectivity index (χ0) is 26.8. The van der Waals surface area contributed by atoms with Crippen LogP contribution in [0.25, 0.3) is 0 Å². The van der Waals surface area contributed by atoms with Crippen molar-refractivity contribution in [3.8, 4) is 5.75 Å². The van der Waals surface area contributed by atoms with Gasteiger partial charge in [0.05, 0.1) is 6.04 Å². The number of benzene rings is 2. The molecule has 3 rings (SSSR count). The van der Waals surface area contributed by atoms with Crippen molar-refractivity contribution in [2.24, 2.45) is 5.73 Å². The van der Waals surface area contributed by atoms with Gasteiger partial charge in [-0.1, -0.05) is 42.5 Å². The Hall–Kier alpha value is -3.92. The number of phenols is 1. The molecule has 0 aliphatic carbocycles. The summed E-state index contributed by atoms with van der Waals surface area (Å²) >= 11 is 0. The van der Waals surface area contributed by atoms with Gasteiger partial charge in [0.2, 0.25) is 23.6 Å². The van der Waals surface area contributed by atoms with Crippen LogP contribution in [0.5, 0.6) is 5.75 Å². The molecular formula is C27H35N5O5. The highest BCUT2D eigenvalue weighted by Crippen LogP contribution is 2.13. The molecule has 0 bridgehead atoms. The largest absolute Gasteiger partial charge is 0.508 e. The van der Waals surface area contributed by atoms with Crippen LogP contribution in [0, 0.1) is 0 Å². The van der Waals surface area contributed by atoms with E-state index in [4.69, 9.17) is 5.73 Å². The minimum Gasteiger partial charge on any atom is -0.508 e. The molecule has 1 heterocycles. The molecule has 37 heavy (non-hydrogen) atoms. The van der Waals surface area contributed by atoms with E-state index in [9.17, 15) is 24.3 Å². The van der Waals surface area contributed by atoms with Crippen molar-refractivity contribution in [2.45, 2.75) is 63.2 Å². The first kappa shape index (κ1) is 27.7. The van der Waals surface area contributed by atoms with Crippen LogP contribution >= 0.6 is 0 Å². The lowest BCUT2D eigenvalue weighted by Gasteiger charge is -2.25. The van der Waals surface area contributed by atoms with E-state index in [1.54, 1.807) is 19.1 Å². The Bertz CT molecular complexity index is 1080. The minimum atomic E-state index is -1.01. The Morgan fingerprint density at radius 3 is 2.38 bits per heavy atom. The third-order valence-corrected chi connectivity index (χ3v) is 6.25. The van der Waals surface area contributed by atoms with Crippen LogP contribution in [0.4, 0.5) is 0 Å². The van der Waals surface area contributed by atoms with Crippen LogP contribution in [0.2, 0.25) is 0 Å². The number of rotatable bonds is 6. The van der Waals surface area contributed by atoms with Crippen molar-refractivity contribution >= 4 is 23.6 Å². The zero-order valence-corrected chi connectivity index (χ0v) is 20.9. The molecule has 198 valence electrons. The Labute approximate surface area is 216 Å². The van der Waals surface area contributed by atoms with Crippen LogP contribution in [0.3, 0.4) is 0 Å². The third-order valence-electron chi connectivity index (χ3n) is 6.25. The van der Waals surface area contributed by atoms with Crippen LogP contribution in [0.1, 0.15) is 37.3 Å². The summed E-state index contributed by atoms with van der Waals surface area (Å²) < 4.78 is 0. The fourth-order valence-electron chi connectivity index (χ4n) is 4.08. The van der Waals surface area contributed by atoms with E-state index in [-0.39, 0.29) is 18.1 Å². The zero-order valence-electron chi connectivity index (χ0n) is 20.9. The molecule has 2 aromatic carbocycles. The summed E-state index contributed by atoms with van der Waals surface area (Å²) in [5.74, 6) is -1.75. The van der Waals surface area contributed by atoms with Crippen LogP contribution < -0.4 is 27.0 Å². The van der Waals surface area contributed by atoms with Crippen LogP contribution in [0.15, 0.2) is 54.6 Å². The summed E-state index contributed by atoms with van der Waals surface area (Å²) in [7, 11) is 0. The molecule has 0 spiro atoms. The van der Waals surface area contributed by atoms with Crippen molar-refractivity contribution < 1.29 is 24.3 Å². The molecule has 0 saturated carbocycles. The highest BCUT2D eigenvalue weighted by Gasteiger charge is 2.30. The van der Waals surface area contributed by atoms with Crippen LogP contribution in [-0.2, 0) is 32.0 Å².